The summed E-state index contributed by atoms with van der Waals surface area (Å²) in [6.45, 7) is 0. The molecule has 0 aliphatic carbocycles. The van der Waals surface area contributed by atoms with Crippen molar-refractivity contribution in [1.82, 2.24) is 9.97 Å². The summed E-state index contributed by atoms with van der Waals surface area (Å²) in [6.07, 6.45) is 2.94. The maximum Gasteiger partial charge on any atom is 0.236 e. The van der Waals surface area contributed by atoms with Crippen molar-refractivity contribution in [1.29, 1.82) is 0 Å². The number of hydrogen-bond acceptors (Lipinski definition) is 3. The monoisotopic (exact) mass is 250 g/mol. The molecule has 0 amide bonds. The van der Waals surface area contributed by atoms with E-state index in [1.807, 2.05) is 12.1 Å². The van der Waals surface area contributed by atoms with Gasteiger partial charge in [-0.25, -0.2) is 4.98 Å². The van der Waals surface area contributed by atoms with Crippen LogP contribution >= 0.6 is 24.2 Å². The molecule has 0 atom stereocenters. The van der Waals surface area contributed by atoms with Crippen LogP contribution in [0.3, 0.4) is 0 Å². The Balaban J connectivity index is 2.34. The molecular weight excluding hydrogens is 244 g/mol. The Morgan fingerprint density at radius 3 is 2.31 bits per heavy atom. The van der Waals surface area contributed by atoms with Crippen molar-refractivity contribution < 1.29 is 4.79 Å². The molecule has 0 fully saturated rings. The summed E-state index contributed by atoms with van der Waals surface area (Å²) < 4.78 is 0. The van der Waals surface area contributed by atoms with Crippen LogP contribution < -0.4 is 0 Å². The van der Waals surface area contributed by atoms with Crippen LogP contribution in [0, 0.1) is 0 Å². The molecular formula is C11H7ClN2OS. The number of carbonyl (C=O) groups excluding carboxylic acids is 1. The van der Waals surface area contributed by atoms with Gasteiger partial charge in [-0.15, -0.1) is 0 Å². The van der Waals surface area contributed by atoms with Crippen molar-refractivity contribution >= 4 is 29.3 Å². The van der Waals surface area contributed by atoms with E-state index in [-0.39, 0.29) is 5.69 Å². The molecule has 0 N–H and O–H groups in total. The van der Waals surface area contributed by atoms with Crippen LogP contribution in [-0.4, -0.2) is 15.1 Å². The number of aromatic nitrogens is 2. The van der Waals surface area contributed by atoms with Gasteiger partial charge < -0.3 is 0 Å². The number of hydrogen-bond donors (Lipinski definition) is 1. The second-order valence-electron chi connectivity index (χ2n) is 3.10. The number of rotatable bonds is 2. The molecule has 0 saturated carbocycles. The van der Waals surface area contributed by atoms with Gasteiger partial charge in [-0.3, -0.25) is 9.78 Å². The predicted molar refractivity (Wildman–Crippen MR) is 65.8 cm³/mol. The van der Waals surface area contributed by atoms with Crippen molar-refractivity contribution in [2.75, 3.05) is 0 Å². The van der Waals surface area contributed by atoms with Gasteiger partial charge in [0.1, 0.15) is 5.69 Å². The van der Waals surface area contributed by atoms with Crippen LogP contribution in [0.25, 0.3) is 11.3 Å². The highest BCUT2D eigenvalue weighted by Crippen LogP contribution is 2.18. The lowest BCUT2D eigenvalue weighted by Crippen LogP contribution is -1.96. The molecule has 0 spiro atoms. The van der Waals surface area contributed by atoms with Gasteiger partial charge in [0.25, 0.3) is 0 Å². The van der Waals surface area contributed by atoms with Gasteiger partial charge in [0.05, 0.1) is 18.1 Å². The van der Waals surface area contributed by atoms with Gasteiger partial charge in [-0.05, 0) is 12.1 Å². The normalized spacial score (nSPS) is 10.1. The molecule has 1 aromatic carbocycles. The summed E-state index contributed by atoms with van der Waals surface area (Å²) in [6, 6.07) is 7.23. The number of halogens is 1. The number of nitrogens with zero attached hydrogens (tertiary/aromatic N) is 2. The van der Waals surface area contributed by atoms with E-state index in [0.717, 1.165) is 5.56 Å². The Morgan fingerprint density at radius 2 is 1.81 bits per heavy atom. The highest BCUT2D eigenvalue weighted by molar-refractivity contribution is 7.97. The van der Waals surface area contributed by atoms with Crippen LogP contribution in [0.2, 0.25) is 5.02 Å². The van der Waals surface area contributed by atoms with Gasteiger partial charge in [0, 0.05) is 10.6 Å². The minimum absolute atomic E-state index is 0.237. The van der Waals surface area contributed by atoms with Gasteiger partial charge in [-0.2, -0.15) is 0 Å². The minimum Gasteiger partial charge on any atom is -0.280 e. The molecule has 2 rings (SSSR count). The highest BCUT2D eigenvalue weighted by Gasteiger charge is 2.04. The van der Waals surface area contributed by atoms with E-state index < -0.39 is 5.12 Å². The fourth-order valence-corrected chi connectivity index (χ4v) is 1.45. The van der Waals surface area contributed by atoms with Crippen molar-refractivity contribution in [3.8, 4) is 11.3 Å². The molecule has 80 valence electrons. The first kappa shape index (κ1) is 11.1. The van der Waals surface area contributed by atoms with E-state index in [0.29, 0.717) is 10.7 Å². The lowest BCUT2D eigenvalue weighted by molar-refractivity contribution is 0.108. The van der Waals surface area contributed by atoms with Gasteiger partial charge in [0.15, 0.2) is 0 Å². The molecule has 0 saturated heterocycles. The van der Waals surface area contributed by atoms with Crippen molar-refractivity contribution in [3.63, 3.8) is 0 Å². The first-order chi connectivity index (χ1) is 7.66. The summed E-state index contributed by atoms with van der Waals surface area (Å²) in [5, 5.41) is 0.272. The molecule has 0 bridgehead atoms. The minimum atomic E-state index is -0.393. The second-order valence-corrected chi connectivity index (χ2v) is 3.94. The van der Waals surface area contributed by atoms with Gasteiger partial charge in [-0.1, -0.05) is 36.4 Å². The smallest absolute Gasteiger partial charge is 0.236 e. The third-order valence-electron chi connectivity index (χ3n) is 2.01. The Bertz CT molecular complexity index is 511. The Hall–Kier alpha value is -1.39. The Kier molecular flexibility index (Phi) is 3.22. The molecule has 5 heteroatoms. The quantitative estimate of drug-likeness (QED) is 0.834. The molecule has 0 unspecified atom stereocenters. The van der Waals surface area contributed by atoms with E-state index in [9.17, 15) is 4.79 Å². The summed E-state index contributed by atoms with van der Waals surface area (Å²) in [4.78, 5) is 19.0. The molecule has 16 heavy (non-hydrogen) atoms. The van der Waals surface area contributed by atoms with Crippen molar-refractivity contribution in [3.05, 3.63) is 47.4 Å². The standard InChI is InChI=1S/C11H7ClN2OS/c12-8-3-1-7(2-4-8)9-5-14-10(6-13-9)11(15)16/h1-6H,(H,15,16). The summed E-state index contributed by atoms with van der Waals surface area (Å²) in [5.74, 6) is 0. The summed E-state index contributed by atoms with van der Waals surface area (Å²) in [7, 11) is 0. The average Bonchev–Trinajstić information content (AvgIpc) is 2.30. The van der Waals surface area contributed by atoms with Crippen molar-refractivity contribution in [2.24, 2.45) is 0 Å². The number of carbonyl (C=O) groups is 1. The highest BCUT2D eigenvalue weighted by atomic mass is 35.5. The van der Waals surface area contributed by atoms with Gasteiger partial charge in [0.2, 0.25) is 5.12 Å². The van der Waals surface area contributed by atoms with Gasteiger partial charge >= 0.3 is 0 Å². The fourth-order valence-electron chi connectivity index (χ4n) is 1.21. The van der Waals surface area contributed by atoms with Crippen LogP contribution in [-0.2, 0) is 0 Å². The lowest BCUT2D eigenvalue weighted by atomic mass is 10.2. The second kappa shape index (κ2) is 4.63. The first-order valence-electron chi connectivity index (χ1n) is 4.48. The number of benzene rings is 1. The maximum atomic E-state index is 10.9. The number of thiol groups is 1. The molecule has 2 aromatic rings. The molecule has 0 aliphatic rings. The third-order valence-corrected chi connectivity index (χ3v) is 2.49. The van der Waals surface area contributed by atoms with E-state index in [4.69, 9.17) is 11.6 Å². The zero-order chi connectivity index (χ0) is 11.5. The molecule has 1 heterocycles. The largest absolute Gasteiger partial charge is 0.280 e. The van der Waals surface area contributed by atoms with E-state index in [2.05, 4.69) is 22.6 Å². The maximum absolute atomic E-state index is 10.9. The van der Waals surface area contributed by atoms with E-state index >= 15 is 0 Å². The summed E-state index contributed by atoms with van der Waals surface area (Å²) in [5.41, 5.74) is 1.83. The Morgan fingerprint density at radius 1 is 1.12 bits per heavy atom. The first-order valence-corrected chi connectivity index (χ1v) is 5.30. The van der Waals surface area contributed by atoms with Crippen LogP contribution in [0.4, 0.5) is 0 Å². The van der Waals surface area contributed by atoms with Crippen LogP contribution in [0.1, 0.15) is 10.5 Å². The van der Waals surface area contributed by atoms with Crippen molar-refractivity contribution in [2.45, 2.75) is 0 Å². The predicted octanol–water partition coefficient (Wildman–Crippen LogP) is 2.87. The molecule has 1 aromatic heterocycles. The molecule has 0 radical (unpaired) electrons. The topological polar surface area (TPSA) is 42.9 Å². The lowest BCUT2D eigenvalue weighted by Gasteiger charge is -2.00. The van der Waals surface area contributed by atoms with Crippen LogP contribution in [0.15, 0.2) is 36.7 Å². The SMILES string of the molecule is O=C(S)c1cnc(-c2ccc(Cl)cc2)cn1. The zero-order valence-corrected chi connectivity index (χ0v) is 9.74. The van der Waals surface area contributed by atoms with E-state index in [1.165, 1.54) is 12.4 Å². The van der Waals surface area contributed by atoms with E-state index in [1.54, 1.807) is 12.1 Å². The third kappa shape index (κ3) is 2.40. The molecule has 0 aliphatic heterocycles. The fraction of sp³-hybridized carbons (Fsp3) is 0. The zero-order valence-electron chi connectivity index (χ0n) is 8.09. The Labute approximate surface area is 103 Å². The molecule has 3 nitrogen and oxygen atoms in total. The summed E-state index contributed by atoms with van der Waals surface area (Å²) >= 11 is 9.44. The average molecular weight is 251 g/mol. The van der Waals surface area contributed by atoms with Crippen LogP contribution in [0.5, 0.6) is 0 Å².